The second kappa shape index (κ2) is 9.28. The molecule has 30 heavy (non-hydrogen) atoms. The molecular formula is C22H29N3O5. The number of amides is 4. The van der Waals surface area contributed by atoms with Gasteiger partial charge in [-0.3, -0.25) is 19.7 Å². The maximum atomic E-state index is 13.4. The molecule has 1 fully saturated rings. The number of urea groups is 1. The van der Waals surface area contributed by atoms with Crippen molar-refractivity contribution in [1.82, 2.24) is 5.32 Å². The summed E-state index contributed by atoms with van der Waals surface area (Å²) >= 11 is 0. The summed E-state index contributed by atoms with van der Waals surface area (Å²) < 4.78 is 5.50. The highest BCUT2D eigenvalue weighted by molar-refractivity contribution is 6.00. The summed E-state index contributed by atoms with van der Waals surface area (Å²) in [6.45, 7) is 4.03. The summed E-state index contributed by atoms with van der Waals surface area (Å²) in [5.74, 6) is -2.83. The van der Waals surface area contributed by atoms with Crippen molar-refractivity contribution in [2.75, 3.05) is 11.4 Å². The third-order valence-electron chi connectivity index (χ3n) is 5.89. The van der Waals surface area contributed by atoms with Gasteiger partial charge in [0, 0.05) is 12.2 Å². The zero-order chi connectivity index (χ0) is 21.8. The first-order valence-corrected chi connectivity index (χ1v) is 10.5. The van der Waals surface area contributed by atoms with E-state index < -0.39 is 35.8 Å². The highest BCUT2D eigenvalue weighted by atomic mass is 16.5. The van der Waals surface area contributed by atoms with E-state index in [-0.39, 0.29) is 11.8 Å². The fourth-order valence-electron chi connectivity index (χ4n) is 4.37. The van der Waals surface area contributed by atoms with E-state index in [9.17, 15) is 19.2 Å². The number of imide groups is 1. The number of hydrogen-bond donors (Lipinski definition) is 2. The lowest BCUT2D eigenvalue weighted by molar-refractivity contribution is -0.166. The van der Waals surface area contributed by atoms with Crippen LogP contribution in [0.3, 0.4) is 0 Å². The lowest BCUT2D eigenvalue weighted by Gasteiger charge is -2.33. The van der Waals surface area contributed by atoms with E-state index >= 15 is 0 Å². The SMILES string of the molecule is CC(C)C(OC(=O)C1CCCCC1C(=O)N1CCc2ccccc21)C(=O)NC(N)=O. The number of esters is 1. The number of nitrogens with zero attached hydrogens (tertiary/aromatic N) is 1. The minimum atomic E-state index is -1.14. The van der Waals surface area contributed by atoms with Gasteiger partial charge in [0.2, 0.25) is 5.91 Å². The van der Waals surface area contributed by atoms with E-state index in [1.54, 1.807) is 18.7 Å². The summed E-state index contributed by atoms with van der Waals surface area (Å²) in [6, 6.07) is 6.80. The van der Waals surface area contributed by atoms with Crippen molar-refractivity contribution in [2.24, 2.45) is 23.5 Å². The van der Waals surface area contributed by atoms with E-state index in [1.807, 2.05) is 29.6 Å². The molecule has 1 saturated carbocycles. The monoisotopic (exact) mass is 415 g/mol. The number of para-hydroxylation sites is 1. The molecule has 3 unspecified atom stereocenters. The Labute approximate surface area is 176 Å². The summed E-state index contributed by atoms with van der Waals surface area (Å²) in [5.41, 5.74) is 7.05. The second-order valence-corrected chi connectivity index (χ2v) is 8.32. The van der Waals surface area contributed by atoms with Crippen LogP contribution in [0.15, 0.2) is 24.3 Å². The topological polar surface area (TPSA) is 119 Å². The highest BCUT2D eigenvalue weighted by Crippen LogP contribution is 2.36. The number of carbonyl (C=O) groups excluding carboxylic acids is 4. The normalized spacial score (nSPS) is 21.6. The molecule has 8 heteroatoms. The Balaban J connectivity index is 1.75. The summed E-state index contributed by atoms with van der Waals surface area (Å²) in [7, 11) is 0. The van der Waals surface area contributed by atoms with Gasteiger partial charge in [0.1, 0.15) is 0 Å². The standard InChI is InChI=1S/C22H29N3O5/c1-13(2)18(19(26)24-22(23)29)30-21(28)16-9-5-4-8-15(16)20(27)25-12-11-14-7-3-6-10-17(14)25/h3,6-7,10,13,15-16,18H,4-5,8-9,11-12H2,1-2H3,(H3,23,24,26,29). The van der Waals surface area contributed by atoms with Crippen LogP contribution in [0.2, 0.25) is 0 Å². The molecule has 0 saturated heterocycles. The first-order valence-electron chi connectivity index (χ1n) is 10.5. The average Bonchev–Trinajstić information content (AvgIpc) is 3.14. The van der Waals surface area contributed by atoms with Gasteiger partial charge < -0.3 is 15.4 Å². The average molecular weight is 415 g/mol. The molecular weight excluding hydrogens is 386 g/mol. The number of nitrogens with one attached hydrogen (secondary N) is 1. The van der Waals surface area contributed by atoms with Crippen LogP contribution in [0.4, 0.5) is 10.5 Å². The molecule has 0 aromatic heterocycles. The van der Waals surface area contributed by atoms with Crippen molar-refractivity contribution >= 4 is 29.5 Å². The number of benzene rings is 1. The Kier molecular flexibility index (Phi) is 6.74. The molecule has 3 N–H and O–H groups in total. The molecule has 0 bridgehead atoms. The Morgan fingerprint density at radius 1 is 1.10 bits per heavy atom. The van der Waals surface area contributed by atoms with Gasteiger partial charge >= 0.3 is 12.0 Å². The lowest BCUT2D eigenvalue weighted by atomic mass is 9.78. The van der Waals surface area contributed by atoms with E-state index in [0.29, 0.717) is 19.4 Å². The van der Waals surface area contributed by atoms with Gasteiger partial charge in [-0.15, -0.1) is 0 Å². The van der Waals surface area contributed by atoms with Crippen LogP contribution < -0.4 is 16.0 Å². The molecule has 1 aromatic carbocycles. The van der Waals surface area contributed by atoms with Gasteiger partial charge in [0.05, 0.1) is 11.8 Å². The number of rotatable bonds is 5. The molecule has 162 valence electrons. The molecule has 1 aromatic rings. The van der Waals surface area contributed by atoms with Gasteiger partial charge in [-0.05, 0) is 36.8 Å². The molecule has 8 nitrogen and oxygen atoms in total. The van der Waals surface area contributed by atoms with Crippen LogP contribution >= 0.6 is 0 Å². The van der Waals surface area contributed by atoms with E-state index in [4.69, 9.17) is 10.5 Å². The Bertz CT molecular complexity index is 838. The van der Waals surface area contributed by atoms with Gasteiger partial charge in [0.25, 0.3) is 5.91 Å². The van der Waals surface area contributed by atoms with Crippen molar-refractivity contribution in [3.63, 3.8) is 0 Å². The van der Waals surface area contributed by atoms with E-state index in [0.717, 1.165) is 30.5 Å². The van der Waals surface area contributed by atoms with Gasteiger partial charge in [-0.25, -0.2) is 4.79 Å². The van der Waals surface area contributed by atoms with Crippen LogP contribution in [0.1, 0.15) is 45.1 Å². The number of ether oxygens (including phenoxy) is 1. The number of carbonyl (C=O) groups is 4. The van der Waals surface area contributed by atoms with Crippen molar-refractivity contribution in [3.05, 3.63) is 29.8 Å². The quantitative estimate of drug-likeness (QED) is 0.714. The summed E-state index contributed by atoms with van der Waals surface area (Å²) in [4.78, 5) is 51.3. The van der Waals surface area contributed by atoms with Crippen LogP contribution in [-0.4, -0.2) is 36.5 Å². The smallest absolute Gasteiger partial charge is 0.318 e. The molecule has 1 aliphatic heterocycles. The van der Waals surface area contributed by atoms with E-state index in [2.05, 4.69) is 0 Å². The van der Waals surface area contributed by atoms with Crippen LogP contribution in [0.5, 0.6) is 0 Å². The van der Waals surface area contributed by atoms with Gasteiger partial charge in [0.15, 0.2) is 6.10 Å². The number of fused-ring (bicyclic) bond motifs is 1. The molecule has 1 aliphatic carbocycles. The van der Waals surface area contributed by atoms with Gasteiger partial charge in [-0.2, -0.15) is 0 Å². The number of hydrogen-bond acceptors (Lipinski definition) is 5. The largest absolute Gasteiger partial charge is 0.452 e. The maximum Gasteiger partial charge on any atom is 0.318 e. The van der Waals surface area contributed by atoms with Crippen LogP contribution in [0, 0.1) is 17.8 Å². The molecule has 0 radical (unpaired) electrons. The number of anilines is 1. The summed E-state index contributed by atoms with van der Waals surface area (Å²) in [5, 5.41) is 1.97. The molecule has 0 spiro atoms. The van der Waals surface area contributed by atoms with Gasteiger partial charge in [-0.1, -0.05) is 44.9 Å². The molecule has 1 heterocycles. The lowest BCUT2D eigenvalue weighted by Crippen LogP contribution is -2.48. The maximum absolute atomic E-state index is 13.4. The van der Waals surface area contributed by atoms with Crippen molar-refractivity contribution in [2.45, 2.75) is 52.1 Å². The first kappa shape index (κ1) is 21.8. The Morgan fingerprint density at radius 2 is 1.77 bits per heavy atom. The third kappa shape index (κ3) is 4.63. The molecule has 4 amide bonds. The highest BCUT2D eigenvalue weighted by Gasteiger charge is 2.42. The Hall–Kier alpha value is -2.90. The number of nitrogens with two attached hydrogens (primary N) is 1. The predicted molar refractivity (Wildman–Crippen MR) is 110 cm³/mol. The fraction of sp³-hybridized carbons (Fsp3) is 0.545. The van der Waals surface area contributed by atoms with Crippen molar-refractivity contribution < 1.29 is 23.9 Å². The molecule has 2 aliphatic rings. The minimum Gasteiger partial charge on any atom is -0.452 e. The predicted octanol–water partition coefficient (Wildman–Crippen LogP) is 2.14. The van der Waals surface area contributed by atoms with E-state index in [1.165, 1.54) is 0 Å². The van der Waals surface area contributed by atoms with Crippen LogP contribution in [-0.2, 0) is 25.5 Å². The third-order valence-corrected chi connectivity index (χ3v) is 5.89. The van der Waals surface area contributed by atoms with Crippen LogP contribution in [0.25, 0.3) is 0 Å². The second-order valence-electron chi connectivity index (χ2n) is 8.32. The minimum absolute atomic E-state index is 0.0655. The number of primary amides is 1. The Morgan fingerprint density at radius 3 is 2.43 bits per heavy atom. The van der Waals surface area contributed by atoms with Crippen molar-refractivity contribution in [3.8, 4) is 0 Å². The molecule has 3 rings (SSSR count). The zero-order valence-electron chi connectivity index (χ0n) is 17.4. The summed E-state index contributed by atoms with van der Waals surface area (Å²) in [6.07, 6.45) is 2.48. The van der Waals surface area contributed by atoms with Crippen molar-refractivity contribution in [1.29, 1.82) is 0 Å². The zero-order valence-corrected chi connectivity index (χ0v) is 17.4. The molecule has 3 atom stereocenters. The fourth-order valence-corrected chi connectivity index (χ4v) is 4.37. The first-order chi connectivity index (χ1) is 14.3.